The highest BCUT2D eigenvalue weighted by Crippen LogP contribution is 2.28. The number of methoxy groups -OCH3 is 1. The van der Waals surface area contributed by atoms with Gasteiger partial charge in [-0.2, -0.15) is 0 Å². The molecule has 0 saturated heterocycles. The number of allylic oxidation sites excluding steroid dienone is 1. The van der Waals surface area contributed by atoms with Crippen molar-refractivity contribution in [3.8, 4) is 5.75 Å². The van der Waals surface area contributed by atoms with E-state index in [0.717, 1.165) is 23.3 Å². The van der Waals surface area contributed by atoms with E-state index in [4.69, 9.17) is 4.74 Å². The van der Waals surface area contributed by atoms with Crippen LogP contribution in [0.4, 0.5) is 0 Å². The van der Waals surface area contributed by atoms with Crippen molar-refractivity contribution in [3.05, 3.63) is 70.1 Å². The molecule has 2 aromatic carbocycles. The Labute approximate surface area is 149 Å². The van der Waals surface area contributed by atoms with Gasteiger partial charge < -0.3 is 4.74 Å². The molecule has 1 aliphatic carbocycles. The molecular weight excluding hydrogens is 334 g/mol. The lowest BCUT2D eigenvalue weighted by Gasteiger charge is -2.22. The van der Waals surface area contributed by atoms with Crippen molar-refractivity contribution in [1.29, 1.82) is 0 Å². The molecule has 0 fully saturated rings. The number of fused-ring (bicyclic) bond motifs is 1. The van der Waals surface area contributed by atoms with Crippen molar-refractivity contribution in [2.45, 2.75) is 19.3 Å². The van der Waals surface area contributed by atoms with E-state index in [-0.39, 0.29) is 0 Å². The van der Waals surface area contributed by atoms with Crippen LogP contribution in [-0.2, 0) is 22.9 Å². The first kappa shape index (κ1) is 17.7. The molecule has 0 aromatic heterocycles. The van der Waals surface area contributed by atoms with Crippen LogP contribution in [0.25, 0.3) is 6.08 Å². The van der Waals surface area contributed by atoms with Gasteiger partial charge in [0.2, 0.25) is 10.0 Å². The van der Waals surface area contributed by atoms with Crippen molar-refractivity contribution in [2.24, 2.45) is 0 Å². The maximum Gasteiger partial charge on any atom is 0.238 e. The molecule has 0 N–H and O–H groups in total. The van der Waals surface area contributed by atoms with Crippen LogP contribution in [0.2, 0.25) is 0 Å². The first-order valence-electron chi connectivity index (χ1n) is 8.39. The Balaban J connectivity index is 1.75. The fraction of sp³-hybridized carbons (Fsp3) is 0.300. The lowest BCUT2D eigenvalue weighted by Crippen LogP contribution is -2.30. The van der Waals surface area contributed by atoms with Crippen LogP contribution in [0.5, 0.6) is 5.75 Å². The van der Waals surface area contributed by atoms with Crippen LogP contribution in [-0.4, -0.2) is 33.4 Å². The normalized spacial score (nSPS) is 14.1. The molecule has 1 aliphatic rings. The van der Waals surface area contributed by atoms with Gasteiger partial charge in [-0.15, -0.1) is 0 Å². The van der Waals surface area contributed by atoms with Gasteiger partial charge in [-0.25, -0.2) is 12.7 Å². The molecule has 0 saturated carbocycles. The molecule has 0 spiro atoms. The van der Waals surface area contributed by atoms with Gasteiger partial charge in [0, 0.05) is 13.6 Å². The van der Waals surface area contributed by atoms with Crippen LogP contribution < -0.4 is 4.74 Å². The zero-order valence-electron chi connectivity index (χ0n) is 14.6. The summed E-state index contributed by atoms with van der Waals surface area (Å²) in [7, 11) is -0.167. The predicted molar refractivity (Wildman–Crippen MR) is 101 cm³/mol. The van der Waals surface area contributed by atoms with Crippen LogP contribution in [0.3, 0.4) is 0 Å². The number of likely N-dealkylation sites (N-methyl/N-ethyl adjacent to an activating group) is 1. The molecule has 0 heterocycles. The number of ether oxygens (including phenoxy) is 1. The number of benzene rings is 2. The van der Waals surface area contributed by atoms with E-state index >= 15 is 0 Å². The smallest absolute Gasteiger partial charge is 0.238 e. The van der Waals surface area contributed by atoms with Crippen molar-refractivity contribution < 1.29 is 13.2 Å². The third kappa shape index (κ3) is 3.78. The third-order valence-electron chi connectivity index (χ3n) is 4.64. The van der Waals surface area contributed by atoms with Crippen molar-refractivity contribution in [2.75, 3.05) is 20.7 Å². The monoisotopic (exact) mass is 357 g/mol. The largest absolute Gasteiger partial charge is 0.496 e. The van der Waals surface area contributed by atoms with Gasteiger partial charge in [-0.05, 0) is 48.1 Å². The maximum absolute atomic E-state index is 12.9. The standard InChI is InChI=1S/C20H23NO3S/c1-21(14-13-17-8-5-6-10-20(17)24-2)25(22,23)19-12-11-16-7-3-4-9-18(16)15-19/h3-10,15H,11-14H2,1-2H3. The first-order valence-corrected chi connectivity index (χ1v) is 9.83. The van der Waals surface area contributed by atoms with Gasteiger partial charge in [0.25, 0.3) is 0 Å². The lowest BCUT2D eigenvalue weighted by atomic mass is 9.98. The van der Waals surface area contributed by atoms with Gasteiger partial charge in [0.1, 0.15) is 5.75 Å². The fourth-order valence-corrected chi connectivity index (χ4v) is 4.49. The fourth-order valence-electron chi connectivity index (χ4n) is 3.12. The minimum atomic E-state index is -3.44. The number of hydrogen-bond acceptors (Lipinski definition) is 3. The average molecular weight is 357 g/mol. The van der Waals surface area contributed by atoms with E-state index in [2.05, 4.69) is 6.07 Å². The summed E-state index contributed by atoms with van der Waals surface area (Å²) in [6, 6.07) is 15.7. The molecule has 25 heavy (non-hydrogen) atoms. The molecule has 2 aromatic rings. The zero-order chi connectivity index (χ0) is 17.9. The Bertz CT molecular complexity index is 887. The zero-order valence-corrected chi connectivity index (χ0v) is 15.4. The Morgan fingerprint density at radius 1 is 1.04 bits per heavy atom. The Morgan fingerprint density at radius 3 is 2.56 bits per heavy atom. The highest BCUT2D eigenvalue weighted by molar-refractivity contribution is 7.93. The molecule has 0 radical (unpaired) electrons. The molecule has 5 heteroatoms. The molecule has 3 rings (SSSR count). The summed E-state index contributed by atoms with van der Waals surface area (Å²) in [6.45, 7) is 0.418. The maximum atomic E-state index is 12.9. The summed E-state index contributed by atoms with van der Waals surface area (Å²) in [4.78, 5) is 0.494. The minimum absolute atomic E-state index is 0.418. The molecule has 0 unspecified atom stereocenters. The summed E-state index contributed by atoms with van der Waals surface area (Å²) >= 11 is 0. The highest BCUT2D eigenvalue weighted by atomic mass is 32.2. The van der Waals surface area contributed by atoms with Gasteiger partial charge in [0.15, 0.2) is 0 Å². The number of aryl methyl sites for hydroxylation is 1. The first-order chi connectivity index (χ1) is 12.0. The lowest BCUT2D eigenvalue weighted by molar-refractivity contribution is 0.406. The van der Waals surface area contributed by atoms with Gasteiger partial charge in [-0.1, -0.05) is 42.5 Å². The highest BCUT2D eigenvalue weighted by Gasteiger charge is 2.26. The number of hydrogen-bond donors (Lipinski definition) is 0. The van der Waals surface area contributed by atoms with Crippen molar-refractivity contribution in [3.63, 3.8) is 0 Å². The molecule has 0 aliphatic heterocycles. The summed E-state index contributed by atoms with van der Waals surface area (Å²) in [5.41, 5.74) is 3.22. The average Bonchev–Trinajstić information content (AvgIpc) is 2.65. The van der Waals surface area contributed by atoms with Gasteiger partial charge in [-0.3, -0.25) is 0 Å². The number of sulfonamides is 1. The molecule has 4 nitrogen and oxygen atoms in total. The van der Waals surface area contributed by atoms with Gasteiger partial charge >= 0.3 is 0 Å². The number of rotatable bonds is 6. The van der Waals surface area contributed by atoms with Crippen molar-refractivity contribution >= 4 is 16.1 Å². The van der Waals surface area contributed by atoms with E-state index in [9.17, 15) is 8.42 Å². The Hall–Kier alpha value is -2.11. The minimum Gasteiger partial charge on any atom is -0.496 e. The van der Waals surface area contributed by atoms with Crippen molar-refractivity contribution in [1.82, 2.24) is 4.31 Å². The van der Waals surface area contributed by atoms with E-state index < -0.39 is 10.0 Å². The van der Waals surface area contributed by atoms with Crippen LogP contribution in [0.1, 0.15) is 23.1 Å². The van der Waals surface area contributed by atoms with Crippen LogP contribution in [0, 0.1) is 0 Å². The number of nitrogens with zero attached hydrogens (tertiary/aromatic N) is 1. The Kier molecular flexibility index (Phi) is 5.25. The van der Waals surface area contributed by atoms with Crippen LogP contribution in [0.15, 0.2) is 53.4 Å². The molecule has 0 bridgehead atoms. The number of para-hydroxylation sites is 1. The Morgan fingerprint density at radius 2 is 1.76 bits per heavy atom. The SMILES string of the molecule is COc1ccccc1CCN(C)S(=O)(=O)C1=Cc2ccccc2CC1. The van der Waals surface area contributed by atoms with Crippen LogP contribution >= 0.6 is 0 Å². The predicted octanol–water partition coefficient (Wildman–Crippen LogP) is 3.49. The third-order valence-corrected chi connectivity index (χ3v) is 6.63. The summed E-state index contributed by atoms with van der Waals surface area (Å²) < 4.78 is 32.6. The summed E-state index contributed by atoms with van der Waals surface area (Å²) in [5, 5.41) is 0. The second kappa shape index (κ2) is 7.42. The van der Waals surface area contributed by atoms with E-state index in [1.54, 1.807) is 14.2 Å². The molecule has 132 valence electrons. The van der Waals surface area contributed by atoms with E-state index in [1.165, 1.54) is 9.87 Å². The quantitative estimate of drug-likeness (QED) is 0.795. The summed E-state index contributed by atoms with van der Waals surface area (Å²) in [6.07, 6.45) is 3.75. The second-order valence-electron chi connectivity index (χ2n) is 6.20. The van der Waals surface area contributed by atoms with E-state index in [0.29, 0.717) is 24.3 Å². The molecule has 0 atom stereocenters. The molecule has 0 amide bonds. The summed E-state index contributed by atoms with van der Waals surface area (Å²) in [5.74, 6) is 0.791. The molecular formula is C20H23NO3S. The van der Waals surface area contributed by atoms with Gasteiger partial charge in [0.05, 0.1) is 12.0 Å². The van der Waals surface area contributed by atoms with E-state index in [1.807, 2.05) is 48.5 Å². The topological polar surface area (TPSA) is 46.6 Å². The second-order valence-corrected chi connectivity index (χ2v) is 8.30.